The van der Waals surface area contributed by atoms with Crippen LogP contribution in [0.4, 0.5) is 0 Å². The Kier molecular flexibility index (Phi) is 4.26. The molecule has 2 aromatic heterocycles. The first-order valence-electron chi connectivity index (χ1n) is 6.48. The summed E-state index contributed by atoms with van der Waals surface area (Å²) in [7, 11) is -1.04. The molecule has 0 bridgehead atoms. The Bertz CT molecular complexity index is 750. The standard InChI is InChI=1S/C15H14N2O2S2/c1-11-16-13(8-20-11)9-21(18)10-14-7-15(17-19-14)12-5-3-2-4-6-12/h2-8H,9-10H2,1H3. The third-order valence-electron chi connectivity index (χ3n) is 2.91. The molecule has 21 heavy (non-hydrogen) atoms. The number of hydrogen-bond acceptors (Lipinski definition) is 5. The zero-order valence-electron chi connectivity index (χ0n) is 11.5. The van der Waals surface area contributed by atoms with E-state index < -0.39 is 10.8 Å². The monoisotopic (exact) mass is 318 g/mol. The molecule has 4 nitrogen and oxygen atoms in total. The van der Waals surface area contributed by atoms with Crippen molar-refractivity contribution in [2.45, 2.75) is 18.4 Å². The highest BCUT2D eigenvalue weighted by Gasteiger charge is 2.11. The number of benzene rings is 1. The second-order valence-corrected chi connectivity index (χ2v) is 7.15. The van der Waals surface area contributed by atoms with Crippen molar-refractivity contribution in [1.29, 1.82) is 0 Å². The first-order chi connectivity index (χ1) is 10.2. The van der Waals surface area contributed by atoms with Crippen molar-refractivity contribution in [3.05, 3.63) is 58.2 Å². The molecule has 1 unspecified atom stereocenters. The van der Waals surface area contributed by atoms with E-state index in [0.29, 0.717) is 17.3 Å². The van der Waals surface area contributed by atoms with Gasteiger partial charge >= 0.3 is 0 Å². The van der Waals surface area contributed by atoms with E-state index in [1.807, 2.05) is 48.7 Å². The molecule has 0 aliphatic carbocycles. The third kappa shape index (κ3) is 3.65. The molecule has 0 fully saturated rings. The van der Waals surface area contributed by atoms with Gasteiger partial charge in [0.2, 0.25) is 0 Å². The molecule has 2 heterocycles. The van der Waals surface area contributed by atoms with Gasteiger partial charge in [-0.1, -0.05) is 35.5 Å². The van der Waals surface area contributed by atoms with Gasteiger partial charge < -0.3 is 4.52 Å². The van der Waals surface area contributed by atoms with E-state index in [2.05, 4.69) is 10.1 Å². The highest BCUT2D eigenvalue weighted by Crippen LogP contribution is 2.20. The number of hydrogen-bond donors (Lipinski definition) is 0. The van der Waals surface area contributed by atoms with Crippen molar-refractivity contribution in [2.75, 3.05) is 0 Å². The Labute approximate surface area is 129 Å². The van der Waals surface area contributed by atoms with Gasteiger partial charge in [0.1, 0.15) is 11.5 Å². The first kappa shape index (κ1) is 14.2. The first-order valence-corrected chi connectivity index (χ1v) is 8.84. The van der Waals surface area contributed by atoms with E-state index in [0.717, 1.165) is 22.0 Å². The second-order valence-electron chi connectivity index (χ2n) is 4.63. The number of aromatic nitrogens is 2. The molecule has 0 radical (unpaired) electrons. The summed E-state index contributed by atoms with van der Waals surface area (Å²) in [5.41, 5.74) is 2.64. The van der Waals surface area contributed by atoms with Crippen LogP contribution < -0.4 is 0 Å². The molecule has 6 heteroatoms. The van der Waals surface area contributed by atoms with E-state index in [9.17, 15) is 4.21 Å². The van der Waals surface area contributed by atoms with Crippen LogP contribution in [0.1, 0.15) is 16.5 Å². The summed E-state index contributed by atoms with van der Waals surface area (Å²) in [6.07, 6.45) is 0. The molecule has 1 aromatic carbocycles. The molecule has 0 amide bonds. The van der Waals surface area contributed by atoms with Crippen molar-refractivity contribution in [3.8, 4) is 11.3 Å². The second kappa shape index (κ2) is 6.32. The van der Waals surface area contributed by atoms with E-state index >= 15 is 0 Å². The summed E-state index contributed by atoms with van der Waals surface area (Å²) in [6, 6.07) is 11.6. The van der Waals surface area contributed by atoms with Gasteiger partial charge in [-0.15, -0.1) is 11.3 Å². The van der Waals surface area contributed by atoms with Gasteiger partial charge in [0, 0.05) is 27.8 Å². The average Bonchev–Trinajstić information content (AvgIpc) is 3.09. The topological polar surface area (TPSA) is 56.0 Å². The van der Waals surface area contributed by atoms with E-state index in [4.69, 9.17) is 4.52 Å². The normalized spacial score (nSPS) is 12.4. The molecule has 3 rings (SSSR count). The number of nitrogens with zero attached hydrogens (tertiary/aromatic N) is 2. The SMILES string of the molecule is Cc1nc(CS(=O)Cc2cc(-c3ccccc3)no2)cs1. The Morgan fingerprint density at radius 2 is 2.05 bits per heavy atom. The average molecular weight is 318 g/mol. The molecular formula is C15H14N2O2S2. The lowest BCUT2D eigenvalue weighted by molar-refractivity contribution is 0.396. The third-order valence-corrected chi connectivity index (χ3v) is 4.95. The fourth-order valence-corrected chi connectivity index (χ4v) is 3.73. The Balaban J connectivity index is 1.66. The fourth-order valence-electron chi connectivity index (χ4n) is 1.98. The molecule has 0 aliphatic rings. The molecule has 0 aliphatic heterocycles. The maximum atomic E-state index is 12.1. The van der Waals surface area contributed by atoms with Crippen LogP contribution in [0.2, 0.25) is 0 Å². The van der Waals surface area contributed by atoms with Gasteiger partial charge in [0.05, 0.1) is 22.2 Å². The summed E-state index contributed by atoms with van der Waals surface area (Å²) in [5, 5.41) is 6.97. The van der Waals surface area contributed by atoms with Gasteiger partial charge in [-0.2, -0.15) is 0 Å². The largest absolute Gasteiger partial charge is 0.360 e. The maximum Gasteiger partial charge on any atom is 0.149 e. The zero-order valence-corrected chi connectivity index (χ0v) is 13.1. The maximum absolute atomic E-state index is 12.1. The molecule has 0 saturated carbocycles. The van der Waals surface area contributed by atoms with Gasteiger partial charge in [0.25, 0.3) is 0 Å². The lowest BCUT2D eigenvalue weighted by Gasteiger charge is -1.96. The van der Waals surface area contributed by atoms with Crippen molar-refractivity contribution < 1.29 is 8.73 Å². The molecule has 108 valence electrons. The van der Waals surface area contributed by atoms with Crippen LogP contribution in [-0.4, -0.2) is 14.3 Å². The number of thiazole rings is 1. The van der Waals surface area contributed by atoms with Crippen LogP contribution in [0.15, 0.2) is 46.3 Å². The predicted molar refractivity (Wildman–Crippen MR) is 84.3 cm³/mol. The summed E-state index contributed by atoms with van der Waals surface area (Å²) in [6.45, 7) is 1.94. The molecule has 0 spiro atoms. The van der Waals surface area contributed by atoms with Gasteiger partial charge in [-0.05, 0) is 6.92 Å². The van der Waals surface area contributed by atoms with Crippen molar-refractivity contribution >= 4 is 22.1 Å². The van der Waals surface area contributed by atoms with Crippen LogP contribution >= 0.6 is 11.3 Å². The Hall–Kier alpha value is -1.79. The fraction of sp³-hybridized carbons (Fsp3) is 0.200. The number of rotatable bonds is 5. The molecule has 1 atom stereocenters. The summed E-state index contributed by atoms with van der Waals surface area (Å²) in [4.78, 5) is 4.32. The van der Waals surface area contributed by atoms with Crippen LogP contribution in [0.3, 0.4) is 0 Å². The van der Waals surface area contributed by atoms with Crippen LogP contribution in [0.25, 0.3) is 11.3 Å². The van der Waals surface area contributed by atoms with Gasteiger partial charge in [0.15, 0.2) is 0 Å². The van der Waals surface area contributed by atoms with E-state index in [1.54, 1.807) is 11.3 Å². The van der Waals surface area contributed by atoms with Crippen molar-refractivity contribution in [1.82, 2.24) is 10.1 Å². The highest BCUT2D eigenvalue weighted by molar-refractivity contribution is 7.83. The minimum atomic E-state index is -1.04. The summed E-state index contributed by atoms with van der Waals surface area (Å²) >= 11 is 1.57. The quantitative estimate of drug-likeness (QED) is 0.722. The van der Waals surface area contributed by atoms with E-state index in [1.165, 1.54) is 0 Å². The smallest absolute Gasteiger partial charge is 0.149 e. The molecular weight excluding hydrogens is 304 g/mol. The zero-order chi connectivity index (χ0) is 14.7. The Morgan fingerprint density at radius 1 is 1.24 bits per heavy atom. The van der Waals surface area contributed by atoms with E-state index in [-0.39, 0.29) is 0 Å². The summed E-state index contributed by atoms with van der Waals surface area (Å²) < 4.78 is 17.4. The Morgan fingerprint density at radius 3 is 2.76 bits per heavy atom. The summed E-state index contributed by atoms with van der Waals surface area (Å²) in [5.74, 6) is 1.45. The lowest BCUT2D eigenvalue weighted by atomic mass is 10.1. The molecule has 3 aromatic rings. The highest BCUT2D eigenvalue weighted by atomic mass is 32.2. The van der Waals surface area contributed by atoms with Gasteiger partial charge in [-0.25, -0.2) is 4.98 Å². The molecule has 0 N–H and O–H groups in total. The number of aryl methyl sites for hydroxylation is 1. The minimum Gasteiger partial charge on any atom is -0.360 e. The van der Waals surface area contributed by atoms with Crippen molar-refractivity contribution in [2.24, 2.45) is 0 Å². The van der Waals surface area contributed by atoms with Crippen LogP contribution in [-0.2, 0) is 22.3 Å². The predicted octanol–water partition coefficient (Wildman–Crippen LogP) is 3.56. The lowest BCUT2D eigenvalue weighted by Crippen LogP contribution is -1.99. The van der Waals surface area contributed by atoms with Gasteiger partial charge in [-0.3, -0.25) is 4.21 Å². The van der Waals surface area contributed by atoms with Crippen LogP contribution in [0, 0.1) is 6.92 Å². The van der Waals surface area contributed by atoms with Crippen molar-refractivity contribution in [3.63, 3.8) is 0 Å². The molecule has 0 saturated heterocycles. The minimum absolute atomic E-state index is 0.358. The van der Waals surface area contributed by atoms with Crippen LogP contribution in [0.5, 0.6) is 0 Å².